The molecule has 0 aromatic carbocycles. The summed E-state index contributed by atoms with van der Waals surface area (Å²) < 4.78 is 10.9. The first-order chi connectivity index (χ1) is 8.90. The predicted octanol–water partition coefficient (Wildman–Crippen LogP) is 3.52. The van der Waals surface area contributed by atoms with Gasteiger partial charge < -0.3 is 14.6 Å². The molecule has 110 valence electrons. The maximum Gasteiger partial charge on any atom is 0.162 e. The molecule has 1 atom stereocenters. The molecule has 4 nitrogen and oxygen atoms in total. The Morgan fingerprint density at radius 1 is 1.42 bits per heavy atom. The van der Waals surface area contributed by atoms with Gasteiger partial charge in [-0.2, -0.15) is 0 Å². The van der Waals surface area contributed by atoms with Crippen LogP contribution in [-0.4, -0.2) is 17.3 Å². The molecule has 0 radical (unpaired) electrons. The second-order valence-electron chi connectivity index (χ2n) is 6.30. The van der Waals surface area contributed by atoms with Crippen LogP contribution in [0.5, 0.6) is 0 Å². The molecule has 1 aromatic rings. The van der Waals surface area contributed by atoms with Crippen LogP contribution in [0.3, 0.4) is 0 Å². The van der Waals surface area contributed by atoms with Crippen LogP contribution >= 0.6 is 0 Å². The average Bonchev–Trinajstić information content (AvgIpc) is 2.74. The summed E-state index contributed by atoms with van der Waals surface area (Å²) in [5.74, 6) is 1.41. The molecule has 0 amide bonds. The largest absolute Gasteiger partial charge is 0.373 e. The molecule has 1 heterocycles. The van der Waals surface area contributed by atoms with Crippen molar-refractivity contribution in [2.45, 2.75) is 66.2 Å². The van der Waals surface area contributed by atoms with Crippen molar-refractivity contribution in [3.05, 3.63) is 17.5 Å². The molecule has 0 aliphatic carbocycles. The van der Waals surface area contributed by atoms with Crippen LogP contribution in [0.4, 0.5) is 0 Å². The van der Waals surface area contributed by atoms with E-state index in [4.69, 9.17) is 9.26 Å². The molecule has 1 aromatic heterocycles. The number of hydrogen-bond donors (Lipinski definition) is 1. The van der Waals surface area contributed by atoms with E-state index >= 15 is 0 Å². The maximum absolute atomic E-state index is 5.64. The van der Waals surface area contributed by atoms with Gasteiger partial charge in [-0.15, -0.1) is 0 Å². The van der Waals surface area contributed by atoms with Gasteiger partial charge in [0.05, 0.1) is 5.69 Å². The van der Waals surface area contributed by atoms with Gasteiger partial charge in [0.1, 0.15) is 6.61 Å². The molecule has 19 heavy (non-hydrogen) atoms. The van der Waals surface area contributed by atoms with Crippen molar-refractivity contribution in [1.82, 2.24) is 10.5 Å². The van der Waals surface area contributed by atoms with Crippen molar-refractivity contribution < 1.29 is 9.26 Å². The van der Waals surface area contributed by atoms with Gasteiger partial charge in [-0.1, -0.05) is 25.4 Å². The first-order valence-electron chi connectivity index (χ1n) is 7.18. The van der Waals surface area contributed by atoms with Crippen LogP contribution in [0.15, 0.2) is 10.6 Å². The number of hydrogen-bond acceptors (Lipinski definition) is 4. The molecule has 0 saturated heterocycles. The second-order valence-corrected chi connectivity index (χ2v) is 6.30. The number of nitrogens with zero attached hydrogens (tertiary/aromatic N) is 1. The highest BCUT2D eigenvalue weighted by molar-refractivity contribution is 5.04. The summed E-state index contributed by atoms with van der Waals surface area (Å²) in [5, 5.41) is 7.42. The minimum atomic E-state index is 0.0885. The summed E-state index contributed by atoms with van der Waals surface area (Å²) >= 11 is 0. The van der Waals surface area contributed by atoms with Crippen molar-refractivity contribution in [2.24, 2.45) is 5.92 Å². The summed E-state index contributed by atoms with van der Waals surface area (Å²) in [4.78, 5) is 0. The van der Waals surface area contributed by atoms with E-state index in [0.717, 1.165) is 24.6 Å². The van der Waals surface area contributed by atoms with Gasteiger partial charge in [-0.05, 0) is 33.1 Å². The Morgan fingerprint density at radius 3 is 2.79 bits per heavy atom. The second kappa shape index (κ2) is 7.65. The summed E-state index contributed by atoms with van der Waals surface area (Å²) in [6.45, 7) is 12.8. The van der Waals surface area contributed by atoms with Crippen molar-refractivity contribution in [2.75, 3.05) is 6.61 Å². The van der Waals surface area contributed by atoms with E-state index in [0.29, 0.717) is 12.5 Å². The van der Waals surface area contributed by atoms with Crippen LogP contribution in [0.25, 0.3) is 0 Å². The molecule has 1 unspecified atom stereocenters. The molecule has 0 saturated carbocycles. The summed E-state index contributed by atoms with van der Waals surface area (Å²) in [5.41, 5.74) is 1.01. The molecule has 0 aliphatic rings. The van der Waals surface area contributed by atoms with E-state index in [1.54, 1.807) is 0 Å². The Hall–Kier alpha value is -0.870. The van der Waals surface area contributed by atoms with Gasteiger partial charge in [-0.25, -0.2) is 0 Å². The highest BCUT2D eigenvalue weighted by Crippen LogP contribution is 2.10. The molecular weight excluding hydrogens is 240 g/mol. The average molecular weight is 268 g/mol. The van der Waals surface area contributed by atoms with E-state index in [2.05, 4.69) is 45.1 Å². The fourth-order valence-electron chi connectivity index (χ4n) is 1.80. The van der Waals surface area contributed by atoms with Crippen molar-refractivity contribution in [3.8, 4) is 0 Å². The van der Waals surface area contributed by atoms with E-state index in [1.165, 1.54) is 12.8 Å². The van der Waals surface area contributed by atoms with Gasteiger partial charge in [0, 0.05) is 24.8 Å². The molecule has 4 heteroatoms. The first-order valence-corrected chi connectivity index (χ1v) is 7.18. The Labute approximate surface area is 116 Å². The Morgan fingerprint density at radius 2 is 2.16 bits per heavy atom. The highest BCUT2D eigenvalue weighted by atomic mass is 16.5. The lowest BCUT2D eigenvalue weighted by atomic mass is 10.1. The molecule has 0 spiro atoms. The number of rotatable bonds is 8. The molecule has 0 aliphatic heterocycles. The van der Waals surface area contributed by atoms with E-state index < -0.39 is 0 Å². The molecule has 0 bridgehead atoms. The highest BCUT2D eigenvalue weighted by Gasteiger charge is 2.11. The molecule has 1 N–H and O–H groups in total. The fourth-order valence-corrected chi connectivity index (χ4v) is 1.80. The van der Waals surface area contributed by atoms with Crippen LogP contribution < -0.4 is 5.32 Å². The Bertz CT molecular complexity index is 355. The SMILES string of the molecule is CCCC(C)COCc1cc(CNC(C)(C)C)no1. The lowest BCUT2D eigenvalue weighted by molar-refractivity contribution is 0.0739. The standard InChI is InChI=1S/C15H28N2O2/c1-6-7-12(2)10-18-11-14-8-13(17-19-14)9-16-15(3,4)5/h8,12,16H,6-7,9-11H2,1-5H3. The van der Waals surface area contributed by atoms with Gasteiger partial charge in [0.2, 0.25) is 0 Å². The van der Waals surface area contributed by atoms with Crippen molar-refractivity contribution in [1.29, 1.82) is 0 Å². The smallest absolute Gasteiger partial charge is 0.162 e. The Kier molecular flexibility index (Phi) is 6.52. The lowest BCUT2D eigenvalue weighted by Gasteiger charge is -2.19. The number of ether oxygens (including phenoxy) is 1. The summed E-state index contributed by atoms with van der Waals surface area (Å²) in [7, 11) is 0. The third-order valence-corrected chi connectivity index (χ3v) is 2.84. The summed E-state index contributed by atoms with van der Waals surface area (Å²) in [6, 6.07) is 1.96. The third kappa shape index (κ3) is 7.33. The Balaban J connectivity index is 2.27. The van der Waals surface area contributed by atoms with Crippen molar-refractivity contribution >= 4 is 0 Å². The third-order valence-electron chi connectivity index (χ3n) is 2.84. The predicted molar refractivity (Wildman–Crippen MR) is 76.8 cm³/mol. The van der Waals surface area contributed by atoms with Gasteiger partial charge in [-0.3, -0.25) is 0 Å². The van der Waals surface area contributed by atoms with Gasteiger partial charge in [0.15, 0.2) is 5.76 Å². The zero-order chi connectivity index (χ0) is 14.3. The first kappa shape index (κ1) is 16.2. The lowest BCUT2D eigenvalue weighted by Crippen LogP contribution is -2.35. The zero-order valence-corrected chi connectivity index (χ0v) is 13.0. The minimum absolute atomic E-state index is 0.0885. The number of aromatic nitrogens is 1. The zero-order valence-electron chi connectivity index (χ0n) is 13.0. The van der Waals surface area contributed by atoms with Crippen LogP contribution in [0, 0.1) is 5.92 Å². The fraction of sp³-hybridized carbons (Fsp3) is 0.800. The molecular formula is C15H28N2O2. The van der Waals surface area contributed by atoms with Gasteiger partial charge in [0.25, 0.3) is 0 Å². The van der Waals surface area contributed by atoms with Gasteiger partial charge >= 0.3 is 0 Å². The normalized spacial score (nSPS) is 13.7. The van der Waals surface area contributed by atoms with E-state index in [-0.39, 0.29) is 5.54 Å². The van der Waals surface area contributed by atoms with E-state index in [9.17, 15) is 0 Å². The van der Waals surface area contributed by atoms with Crippen LogP contribution in [-0.2, 0) is 17.9 Å². The molecule has 1 rings (SSSR count). The molecule has 0 fully saturated rings. The minimum Gasteiger partial charge on any atom is -0.373 e. The van der Waals surface area contributed by atoms with Crippen LogP contribution in [0.1, 0.15) is 58.9 Å². The quantitative estimate of drug-likeness (QED) is 0.783. The van der Waals surface area contributed by atoms with E-state index in [1.807, 2.05) is 6.07 Å². The topological polar surface area (TPSA) is 47.3 Å². The maximum atomic E-state index is 5.64. The monoisotopic (exact) mass is 268 g/mol. The van der Waals surface area contributed by atoms with Crippen LogP contribution in [0.2, 0.25) is 0 Å². The summed E-state index contributed by atoms with van der Waals surface area (Å²) in [6.07, 6.45) is 2.41. The van der Waals surface area contributed by atoms with Crippen molar-refractivity contribution in [3.63, 3.8) is 0 Å². The number of nitrogens with one attached hydrogen (secondary N) is 1.